The minimum absolute atomic E-state index is 0.0142. The van der Waals surface area contributed by atoms with Crippen LogP contribution in [0.15, 0.2) is 41.4 Å². The molecule has 8 nitrogen and oxygen atoms in total. The van der Waals surface area contributed by atoms with Gasteiger partial charge in [0.1, 0.15) is 21.5 Å². The zero-order chi connectivity index (χ0) is 21.7. The molecular weight excluding hydrogens is 430 g/mol. The zero-order valence-corrected chi connectivity index (χ0v) is 18.4. The van der Waals surface area contributed by atoms with Crippen LogP contribution >= 0.6 is 11.6 Å². The van der Waals surface area contributed by atoms with E-state index in [0.29, 0.717) is 30.9 Å². The van der Waals surface area contributed by atoms with Gasteiger partial charge in [-0.05, 0) is 43.2 Å². The van der Waals surface area contributed by atoms with Gasteiger partial charge in [-0.2, -0.15) is 4.31 Å². The highest BCUT2D eigenvalue weighted by Gasteiger charge is 2.33. The highest BCUT2D eigenvalue weighted by molar-refractivity contribution is 7.89. The molecule has 1 aromatic carbocycles. The lowest BCUT2D eigenvalue weighted by Crippen LogP contribution is -2.43. The van der Waals surface area contributed by atoms with Crippen molar-refractivity contribution in [1.29, 1.82) is 0 Å². The number of hydrogen-bond acceptors (Lipinski definition) is 6. The fraction of sp³-hybridized carbons (Fsp3) is 0.400. The molecule has 30 heavy (non-hydrogen) atoms. The lowest BCUT2D eigenvalue weighted by atomic mass is 9.97. The normalized spacial score (nSPS) is 15.6. The summed E-state index contributed by atoms with van der Waals surface area (Å²) in [7, 11) is -0.596. The van der Waals surface area contributed by atoms with E-state index < -0.39 is 10.0 Å². The van der Waals surface area contributed by atoms with Crippen molar-refractivity contribution in [3.05, 3.63) is 47.2 Å². The van der Waals surface area contributed by atoms with E-state index in [2.05, 4.69) is 10.3 Å². The van der Waals surface area contributed by atoms with Crippen molar-refractivity contribution >= 4 is 27.5 Å². The second kappa shape index (κ2) is 9.63. The second-order valence-electron chi connectivity index (χ2n) is 6.87. The number of amides is 1. The SMILES string of the molecule is COc1ccc(OC)c(CNC(=O)C2CCN(S(=O)(=O)c3cccnc3Cl)CC2)c1. The van der Waals surface area contributed by atoms with E-state index in [4.69, 9.17) is 21.1 Å². The molecule has 0 bridgehead atoms. The van der Waals surface area contributed by atoms with Crippen LogP contribution in [-0.2, 0) is 21.4 Å². The number of pyridine rings is 1. The third-order valence-corrected chi connectivity index (χ3v) is 7.45. The van der Waals surface area contributed by atoms with Gasteiger partial charge in [0.15, 0.2) is 0 Å². The van der Waals surface area contributed by atoms with E-state index in [1.54, 1.807) is 26.4 Å². The molecule has 1 aliphatic rings. The Bertz CT molecular complexity index is 1010. The standard InChI is InChI=1S/C20H24ClN3O5S/c1-28-16-5-6-17(29-2)15(12-16)13-23-20(25)14-7-10-24(11-8-14)30(26,27)18-4-3-9-22-19(18)21/h3-6,9,12,14H,7-8,10-11,13H2,1-2H3,(H,23,25). The van der Waals surface area contributed by atoms with Gasteiger partial charge in [-0.3, -0.25) is 4.79 Å². The van der Waals surface area contributed by atoms with E-state index in [-0.39, 0.29) is 35.0 Å². The monoisotopic (exact) mass is 453 g/mol. The van der Waals surface area contributed by atoms with E-state index in [0.717, 1.165) is 5.56 Å². The quantitative estimate of drug-likeness (QED) is 0.647. The van der Waals surface area contributed by atoms with Crippen LogP contribution in [-0.4, -0.2) is 50.9 Å². The number of piperidine rings is 1. The van der Waals surface area contributed by atoms with Crippen LogP contribution in [0.1, 0.15) is 18.4 Å². The van der Waals surface area contributed by atoms with E-state index in [1.165, 1.54) is 22.6 Å². The number of ether oxygens (including phenoxy) is 2. The highest BCUT2D eigenvalue weighted by Crippen LogP contribution is 2.28. The number of nitrogens with zero attached hydrogens (tertiary/aromatic N) is 2. The molecule has 3 rings (SSSR count). The maximum absolute atomic E-state index is 12.8. The van der Waals surface area contributed by atoms with Gasteiger partial charge in [0.25, 0.3) is 0 Å². The molecule has 0 atom stereocenters. The molecule has 0 saturated carbocycles. The number of aromatic nitrogens is 1. The third-order valence-electron chi connectivity index (χ3n) is 5.11. The van der Waals surface area contributed by atoms with Gasteiger partial charge < -0.3 is 14.8 Å². The summed E-state index contributed by atoms with van der Waals surface area (Å²) in [6.07, 6.45) is 2.30. The van der Waals surface area contributed by atoms with Crippen molar-refractivity contribution in [1.82, 2.24) is 14.6 Å². The van der Waals surface area contributed by atoms with E-state index in [9.17, 15) is 13.2 Å². The third kappa shape index (κ3) is 4.85. The molecule has 1 aliphatic heterocycles. The summed E-state index contributed by atoms with van der Waals surface area (Å²) < 4.78 is 37.5. The van der Waals surface area contributed by atoms with Crippen molar-refractivity contribution in [2.45, 2.75) is 24.3 Å². The molecular formula is C20H24ClN3O5S. The number of benzene rings is 1. The predicted octanol–water partition coefficient (Wildman–Crippen LogP) is 2.47. The van der Waals surface area contributed by atoms with Crippen LogP contribution < -0.4 is 14.8 Å². The molecule has 0 unspecified atom stereocenters. The number of carbonyl (C=O) groups is 1. The first-order valence-electron chi connectivity index (χ1n) is 9.46. The number of sulfonamides is 1. The molecule has 0 spiro atoms. The summed E-state index contributed by atoms with van der Waals surface area (Å²) in [6, 6.07) is 8.35. The molecule has 10 heteroatoms. The van der Waals surface area contributed by atoms with Gasteiger partial charge in [-0.25, -0.2) is 13.4 Å². The fourth-order valence-electron chi connectivity index (χ4n) is 3.41. The Morgan fingerprint density at radius 2 is 1.97 bits per heavy atom. The van der Waals surface area contributed by atoms with Crippen LogP contribution in [0, 0.1) is 5.92 Å². The lowest BCUT2D eigenvalue weighted by Gasteiger charge is -2.30. The molecule has 0 aliphatic carbocycles. The van der Waals surface area contributed by atoms with Crippen LogP contribution in [0.5, 0.6) is 11.5 Å². The Morgan fingerprint density at radius 3 is 2.60 bits per heavy atom. The number of nitrogens with one attached hydrogen (secondary N) is 1. The van der Waals surface area contributed by atoms with Crippen LogP contribution in [0.4, 0.5) is 0 Å². The average Bonchev–Trinajstić information content (AvgIpc) is 2.77. The predicted molar refractivity (Wildman–Crippen MR) is 112 cm³/mol. The molecule has 1 amide bonds. The van der Waals surface area contributed by atoms with Crippen molar-refractivity contribution in [3.8, 4) is 11.5 Å². The Labute approximate surface area is 181 Å². The van der Waals surface area contributed by atoms with Crippen molar-refractivity contribution in [3.63, 3.8) is 0 Å². The number of hydrogen-bond donors (Lipinski definition) is 1. The molecule has 1 fully saturated rings. The highest BCUT2D eigenvalue weighted by atomic mass is 35.5. The molecule has 2 aromatic rings. The summed E-state index contributed by atoms with van der Waals surface area (Å²) in [5.41, 5.74) is 0.802. The maximum Gasteiger partial charge on any atom is 0.246 e. The summed E-state index contributed by atoms with van der Waals surface area (Å²) >= 11 is 5.95. The van der Waals surface area contributed by atoms with Gasteiger partial charge in [-0.15, -0.1) is 0 Å². The largest absolute Gasteiger partial charge is 0.497 e. The van der Waals surface area contributed by atoms with Gasteiger partial charge >= 0.3 is 0 Å². The average molecular weight is 454 g/mol. The number of carbonyl (C=O) groups excluding carboxylic acids is 1. The van der Waals surface area contributed by atoms with E-state index in [1.807, 2.05) is 6.07 Å². The Balaban J connectivity index is 1.59. The van der Waals surface area contributed by atoms with Gasteiger partial charge in [0.05, 0.1) is 14.2 Å². The zero-order valence-electron chi connectivity index (χ0n) is 16.8. The van der Waals surface area contributed by atoms with Gasteiger partial charge in [0, 0.05) is 37.3 Å². The number of methoxy groups -OCH3 is 2. The topological polar surface area (TPSA) is 97.8 Å². The number of halogens is 1. The Kier molecular flexibility index (Phi) is 7.17. The molecule has 1 aromatic heterocycles. The first kappa shape index (κ1) is 22.3. The first-order chi connectivity index (χ1) is 14.4. The van der Waals surface area contributed by atoms with Crippen LogP contribution in [0.25, 0.3) is 0 Å². The maximum atomic E-state index is 12.8. The molecule has 162 valence electrons. The van der Waals surface area contributed by atoms with E-state index >= 15 is 0 Å². The molecule has 2 heterocycles. The fourth-order valence-corrected chi connectivity index (χ4v) is 5.31. The molecule has 0 radical (unpaired) electrons. The minimum Gasteiger partial charge on any atom is -0.497 e. The van der Waals surface area contributed by atoms with Crippen molar-refractivity contribution in [2.75, 3.05) is 27.3 Å². The lowest BCUT2D eigenvalue weighted by molar-refractivity contribution is -0.126. The minimum atomic E-state index is -3.74. The second-order valence-corrected chi connectivity index (χ2v) is 9.13. The van der Waals surface area contributed by atoms with Gasteiger partial charge in [0.2, 0.25) is 15.9 Å². The van der Waals surface area contributed by atoms with Crippen LogP contribution in [0.2, 0.25) is 5.15 Å². The number of rotatable bonds is 7. The summed E-state index contributed by atoms with van der Waals surface area (Å²) in [6.45, 7) is 0.783. The molecule has 1 N–H and O–H groups in total. The van der Waals surface area contributed by atoms with Crippen molar-refractivity contribution in [2.24, 2.45) is 5.92 Å². The summed E-state index contributed by atoms with van der Waals surface area (Å²) in [4.78, 5) is 16.4. The van der Waals surface area contributed by atoms with Crippen molar-refractivity contribution < 1.29 is 22.7 Å². The van der Waals surface area contributed by atoms with Crippen LogP contribution in [0.3, 0.4) is 0 Å². The first-order valence-corrected chi connectivity index (χ1v) is 11.3. The Morgan fingerprint density at radius 1 is 1.23 bits per heavy atom. The molecule has 1 saturated heterocycles. The Hall–Kier alpha value is -2.36. The summed E-state index contributed by atoms with van der Waals surface area (Å²) in [5, 5.41) is 2.86. The van der Waals surface area contributed by atoms with Gasteiger partial charge in [-0.1, -0.05) is 11.6 Å². The smallest absolute Gasteiger partial charge is 0.246 e. The summed E-state index contributed by atoms with van der Waals surface area (Å²) in [5.74, 6) is 0.951.